The van der Waals surface area contributed by atoms with E-state index in [9.17, 15) is 14.5 Å². The molecule has 1 aromatic heterocycles. The molecule has 1 aromatic carbocycles. The van der Waals surface area contributed by atoms with Crippen LogP contribution in [0.25, 0.3) is 0 Å². The number of pyridine rings is 1. The van der Waals surface area contributed by atoms with Crippen LogP contribution in [-0.4, -0.2) is 34.9 Å². The van der Waals surface area contributed by atoms with Gasteiger partial charge in [0.05, 0.1) is 9.95 Å². The van der Waals surface area contributed by atoms with E-state index in [2.05, 4.69) is 15.2 Å². The minimum absolute atomic E-state index is 0.00525. The third-order valence-corrected chi connectivity index (χ3v) is 5.19. The molecule has 1 fully saturated rings. The Morgan fingerprint density at radius 1 is 1.46 bits per heavy atom. The van der Waals surface area contributed by atoms with Gasteiger partial charge in [-0.1, -0.05) is 17.7 Å². The number of hydrogen-bond acceptors (Lipinski definition) is 5. The standard InChI is InChI=1S/C18H20ClFN4O2/c1-11-7-17(22-10-16(11)24(25)26)21-9-13-5-6-23(2)18(13)12-3-4-14(19)15(20)8-12/h3-4,7-8,10,13,18H,5-6,9H2,1-2H3,(H,21,22). The van der Waals surface area contributed by atoms with Crippen molar-refractivity contribution in [2.45, 2.75) is 19.4 Å². The van der Waals surface area contributed by atoms with Crippen molar-refractivity contribution in [1.82, 2.24) is 9.88 Å². The number of halogens is 2. The fourth-order valence-electron chi connectivity index (χ4n) is 3.54. The molecule has 0 amide bonds. The number of nitrogens with zero attached hydrogens (tertiary/aromatic N) is 3. The molecule has 2 atom stereocenters. The number of rotatable bonds is 5. The lowest BCUT2D eigenvalue weighted by Gasteiger charge is -2.26. The number of anilines is 1. The summed E-state index contributed by atoms with van der Waals surface area (Å²) in [5.74, 6) is 0.449. The zero-order chi connectivity index (χ0) is 18.8. The molecular weight excluding hydrogens is 359 g/mol. The molecule has 1 aliphatic rings. The van der Waals surface area contributed by atoms with Crippen molar-refractivity contribution in [2.75, 3.05) is 25.5 Å². The zero-order valence-corrected chi connectivity index (χ0v) is 15.3. The van der Waals surface area contributed by atoms with E-state index >= 15 is 0 Å². The van der Waals surface area contributed by atoms with Crippen LogP contribution in [0.5, 0.6) is 0 Å². The van der Waals surface area contributed by atoms with Gasteiger partial charge in [-0.15, -0.1) is 0 Å². The Balaban J connectivity index is 1.73. The Hall–Kier alpha value is -2.25. The minimum atomic E-state index is -0.441. The van der Waals surface area contributed by atoms with Gasteiger partial charge in [-0.2, -0.15) is 0 Å². The molecule has 1 aliphatic heterocycles. The molecule has 0 radical (unpaired) electrons. The van der Waals surface area contributed by atoms with Gasteiger partial charge in [-0.25, -0.2) is 9.37 Å². The van der Waals surface area contributed by atoms with Crippen LogP contribution in [0.15, 0.2) is 30.5 Å². The maximum atomic E-state index is 13.9. The van der Waals surface area contributed by atoms with Crippen LogP contribution < -0.4 is 5.32 Å². The van der Waals surface area contributed by atoms with Gasteiger partial charge in [-0.3, -0.25) is 15.0 Å². The predicted molar refractivity (Wildman–Crippen MR) is 99.0 cm³/mol. The Morgan fingerprint density at radius 3 is 2.88 bits per heavy atom. The average Bonchev–Trinajstić information content (AvgIpc) is 2.96. The van der Waals surface area contributed by atoms with Gasteiger partial charge >= 0.3 is 0 Å². The number of aromatic nitrogens is 1. The lowest BCUT2D eigenvalue weighted by atomic mass is 9.93. The lowest BCUT2D eigenvalue weighted by molar-refractivity contribution is -0.385. The van der Waals surface area contributed by atoms with E-state index in [0.717, 1.165) is 18.5 Å². The second-order valence-corrected chi connectivity index (χ2v) is 7.05. The first-order chi connectivity index (χ1) is 12.4. The number of hydrogen-bond donors (Lipinski definition) is 1. The number of aryl methyl sites for hydroxylation is 1. The smallest absolute Gasteiger partial charge is 0.290 e. The van der Waals surface area contributed by atoms with E-state index in [4.69, 9.17) is 11.6 Å². The van der Waals surface area contributed by atoms with E-state index in [0.29, 0.717) is 17.9 Å². The average molecular weight is 379 g/mol. The summed E-state index contributed by atoms with van der Waals surface area (Å²) in [6, 6.07) is 6.70. The van der Waals surface area contributed by atoms with Crippen LogP contribution in [-0.2, 0) is 0 Å². The first kappa shape index (κ1) is 18.5. The number of nitro groups is 1. The van der Waals surface area contributed by atoms with E-state index in [1.54, 1.807) is 19.1 Å². The van der Waals surface area contributed by atoms with Gasteiger partial charge in [-0.05, 0) is 56.6 Å². The maximum Gasteiger partial charge on any atom is 0.290 e. The number of benzene rings is 1. The maximum absolute atomic E-state index is 13.9. The minimum Gasteiger partial charge on any atom is -0.370 e. The van der Waals surface area contributed by atoms with Crippen LogP contribution >= 0.6 is 11.6 Å². The number of nitrogens with one attached hydrogen (secondary N) is 1. The van der Waals surface area contributed by atoms with Gasteiger partial charge in [0.1, 0.15) is 17.8 Å². The molecule has 0 spiro atoms. The Bertz CT molecular complexity index is 833. The predicted octanol–water partition coefficient (Wildman–Crippen LogP) is 4.20. The summed E-state index contributed by atoms with van der Waals surface area (Å²) in [5, 5.41) is 14.3. The summed E-state index contributed by atoms with van der Waals surface area (Å²) in [4.78, 5) is 16.8. The molecule has 0 saturated carbocycles. The molecule has 1 saturated heterocycles. The fourth-order valence-corrected chi connectivity index (χ4v) is 3.65. The van der Waals surface area contributed by atoms with Gasteiger partial charge in [0.25, 0.3) is 5.69 Å². The lowest BCUT2D eigenvalue weighted by Crippen LogP contribution is -2.25. The highest BCUT2D eigenvalue weighted by Gasteiger charge is 2.33. The van der Waals surface area contributed by atoms with Crippen LogP contribution in [0, 0.1) is 28.8 Å². The van der Waals surface area contributed by atoms with Gasteiger partial charge < -0.3 is 5.32 Å². The van der Waals surface area contributed by atoms with Gasteiger partial charge in [0.2, 0.25) is 0 Å². The van der Waals surface area contributed by atoms with E-state index in [1.807, 2.05) is 13.1 Å². The van der Waals surface area contributed by atoms with Crippen molar-refractivity contribution in [3.8, 4) is 0 Å². The van der Waals surface area contributed by atoms with E-state index in [1.165, 1.54) is 12.3 Å². The van der Waals surface area contributed by atoms with Crippen molar-refractivity contribution >= 4 is 23.1 Å². The molecule has 3 rings (SSSR count). The second kappa shape index (κ2) is 7.55. The molecule has 2 unspecified atom stereocenters. The quantitative estimate of drug-likeness (QED) is 0.623. The first-order valence-electron chi connectivity index (χ1n) is 8.37. The normalized spacial score (nSPS) is 20.3. The van der Waals surface area contributed by atoms with Crippen molar-refractivity contribution < 1.29 is 9.31 Å². The first-order valence-corrected chi connectivity index (χ1v) is 8.74. The highest BCUT2D eigenvalue weighted by Crippen LogP contribution is 2.37. The monoisotopic (exact) mass is 378 g/mol. The summed E-state index contributed by atoms with van der Waals surface area (Å²) < 4.78 is 13.9. The molecule has 2 aromatic rings. The molecule has 1 N–H and O–H groups in total. The van der Waals surface area contributed by atoms with E-state index in [-0.39, 0.29) is 22.7 Å². The van der Waals surface area contributed by atoms with E-state index < -0.39 is 10.7 Å². The van der Waals surface area contributed by atoms with Gasteiger partial charge in [0.15, 0.2) is 0 Å². The largest absolute Gasteiger partial charge is 0.370 e. The molecule has 8 heteroatoms. The van der Waals surface area contributed by atoms with Crippen molar-refractivity contribution in [3.05, 3.63) is 62.5 Å². The van der Waals surface area contributed by atoms with Crippen molar-refractivity contribution in [1.29, 1.82) is 0 Å². The van der Waals surface area contributed by atoms with Crippen LogP contribution in [0.3, 0.4) is 0 Å². The third-order valence-electron chi connectivity index (χ3n) is 4.88. The second-order valence-electron chi connectivity index (χ2n) is 6.64. The highest BCUT2D eigenvalue weighted by molar-refractivity contribution is 6.30. The van der Waals surface area contributed by atoms with Crippen molar-refractivity contribution in [3.63, 3.8) is 0 Å². The summed E-state index contributed by atoms with van der Waals surface area (Å²) in [7, 11) is 2.02. The zero-order valence-electron chi connectivity index (χ0n) is 14.6. The number of likely N-dealkylation sites (tertiary alicyclic amines) is 1. The third kappa shape index (κ3) is 3.78. The summed E-state index contributed by atoms with van der Waals surface area (Å²) >= 11 is 5.79. The Morgan fingerprint density at radius 2 is 2.23 bits per heavy atom. The van der Waals surface area contributed by atoms with Crippen LogP contribution in [0.4, 0.5) is 15.9 Å². The molecule has 0 bridgehead atoms. The highest BCUT2D eigenvalue weighted by atomic mass is 35.5. The summed E-state index contributed by atoms with van der Waals surface area (Å²) in [5.41, 5.74) is 1.46. The molecule has 26 heavy (non-hydrogen) atoms. The van der Waals surface area contributed by atoms with Crippen LogP contribution in [0.2, 0.25) is 5.02 Å². The summed E-state index contributed by atoms with van der Waals surface area (Å²) in [6.45, 7) is 3.24. The molecule has 2 heterocycles. The molecular formula is C18H20ClFN4O2. The topological polar surface area (TPSA) is 71.3 Å². The Labute approximate surface area is 156 Å². The molecule has 138 valence electrons. The molecule has 6 nitrogen and oxygen atoms in total. The SMILES string of the molecule is Cc1cc(NCC2CCN(C)C2c2ccc(Cl)c(F)c2)ncc1[N+](=O)[O-]. The fraction of sp³-hybridized carbons (Fsp3) is 0.389. The van der Waals surface area contributed by atoms with Crippen molar-refractivity contribution in [2.24, 2.45) is 5.92 Å². The van der Waals surface area contributed by atoms with Crippen LogP contribution in [0.1, 0.15) is 23.6 Å². The Kier molecular flexibility index (Phi) is 5.38. The van der Waals surface area contributed by atoms with Gasteiger partial charge in [0, 0.05) is 18.2 Å². The molecule has 0 aliphatic carbocycles. The summed E-state index contributed by atoms with van der Waals surface area (Å²) in [6.07, 6.45) is 2.23.